The van der Waals surface area contributed by atoms with Crippen molar-refractivity contribution < 1.29 is 9.26 Å². The van der Waals surface area contributed by atoms with Crippen LogP contribution in [0.1, 0.15) is 31.4 Å². The maximum absolute atomic E-state index is 5.91. The van der Waals surface area contributed by atoms with Crippen molar-refractivity contribution in [2.45, 2.75) is 32.9 Å². The van der Waals surface area contributed by atoms with Gasteiger partial charge in [-0.15, -0.1) is 0 Å². The quantitative estimate of drug-likeness (QED) is 0.827. The summed E-state index contributed by atoms with van der Waals surface area (Å²) in [6.45, 7) is 6.14. The fourth-order valence-corrected chi connectivity index (χ4v) is 1.43. The molecule has 2 heterocycles. The van der Waals surface area contributed by atoms with Crippen LogP contribution in [0.4, 0.5) is 0 Å². The average molecular weight is 251 g/mol. The summed E-state index contributed by atoms with van der Waals surface area (Å²) in [5.41, 5.74) is 7.57. The summed E-state index contributed by atoms with van der Waals surface area (Å²) in [6.07, 6.45) is 1.77. The number of nitrogens with two attached hydrogens (primary N) is 1. The fraction of sp³-hybridized carbons (Fsp3) is 0.545. The van der Waals surface area contributed by atoms with Crippen molar-refractivity contribution in [2.75, 3.05) is 6.61 Å². The van der Waals surface area contributed by atoms with E-state index in [9.17, 15) is 0 Å². The second kappa shape index (κ2) is 5.28. The van der Waals surface area contributed by atoms with E-state index in [1.165, 1.54) is 0 Å². The van der Waals surface area contributed by atoms with Crippen molar-refractivity contribution >= 4 is 0 Å². The molecule has 0 aromatic carbocycles. The van der Waals surface area contributed by atoms with Crippen LogP contribution in [0.2, 0.25) is 0 Å². The molecule has 2 aromatic rings. The summed E-state index contributed by atoms with van der Waals surface area (Å²) in [6, 6.07) is -0.392. The topological polar surface area (TPSA) is 103 Å². The first-order valence-electron chi connectivity index (χ1n) is 5.79. The smallest absolute Gasteiger partial charge is 0.261 e. The van der Waals surface area contributed by atoms with Gasteiger partial charge in [-0.05, 0) is 20.8 Å². The van der Waals surface area contributed by atoms with Crippen molar-refractivity contribution in [1.29, 1.82) is 0 Å². The van der Waals surface area contributed by atoms with Gasteiger partial charge in [0.25, 0.3) is 5.89 Å². The molecule has 18 heavy (non-hydrogen) atoms. The van der Waals surface area contributed by atoms with Crippen molar-refractivity contribution in [3.05, 3.63) is 17.7 Å². The van der Waals surface area contributed by atoms with E-state index >= 15 is 0 Å². The van der Waals surface area contributed by atoms with E-state index in [1.54, 1.807) is 6.20 Å². The second-order valence-corrected chi connectivity index (χ2v) is 4.35. The van der Waals surface area contributed by atoms with Crippen LogP contribution in [0.5, 0.6) is 0 Å². The van der Waals surface area contributed by atoms with Gasteiger partial charge in [0.15, 0.2) is 5.82 Å². The van der Waals surface area contributed by atoms with Crippen molar-refractivity contribution in [3.8, 4) is 11.5 Å². The van der Waals surface area contributed by atoms with Gasteiger partial charge >= 0.3 is 0 Å². The predicted molar refractivity (Wildman–Crippen MR) is 64.6 cm³/mol. The summed E-state index contributed by atoms with van der Waals surface area (Å²) in [4.78, 5) is 4.25. The van der Waals surface area contributed by atoms with Crippen molar-refractivity contribution in [1.82, 2.24) is 20.3 Å². The molecule has 1 atom stereocenters. The molecule has 0 amide bonds. The van der Waals surface area contributed by atoms with Gasteiger partial charge < -0.3 is 15.0 Å². The average Bonchev–Trinajstić information content (AvgIpc) is 2.93. The van der Waals surface area contributed by atoms with Gasteiger partial charge in [-0.1, -0.05) is 5.16 Å². The number of hydrogen-bond acceptors (Lipinski definition) is 6. The van der Waals surface area contributed by atoms with Crippen LogP contribution in [0.3, 0.4) is 0 Å². The maximum atomic E-state index is 5.91. The third-order valence-electron chi connectivity index (χ3n) is 2.44. The summed E-state index contributed by atoms with van der Waals surface area (Å²) in [5, 5.41) is 10.6. The lowest BCUT2D eigenvalue weighted by Crippen LogP contribution is -2.20. The van der Waals surface area contributed by atoms with Crippen LogP contribution in [-0.2, 0) is 4.74 Å². The highest BCUT2D eigenvalue weighted by molar-refractivity contribution is 5.54. The Morgan fingerprint density at radius 3 is 2.89 bits per heavy atom. The Bertz CT molecular complexity index is 505. The van der Waals surface area contributed by atoms with Crippen LogP contribution < -0.4 is 5.73 Å². The monoisotopic (exact) mass is 251 g/mol. The number of ether oxygens (including phenoxy) is 1. The van der Waals surface area contributed by atoms with E-state index in [0.717, 1.165) is 11.3 Å². The molecule has 98 valence electrons. The Balaban J connectivity index is 2.08. The number of aryl methyl sites for hydroxylation is 1. The SMILES string of the molecule is Cc1[nH]ncc1-c1nc(C(N)COC(C)C)no1. The summed E-state index contributed by atoms with van der Waals surface area (Å²) in [7, 11) is 0. The zero-order valence-corrected chi connectivity index (χ0v) is 10.7. The van der Waals surface area contributed by atoms with Crippen LogP contribution in [0.15, 0.2) is 10.7 Å². The highest BCUT2D eigenvalue weighted by Crippen LogP contribution is 2.20. The molecule has 1 unspecified atom stereocenters. The Labute approximate surface area is 105 Å². The Morgan fingerprint density at radius 2 is 2.28 bits per heavy atom. The van der Waals surface area contributed by atoms with E-state index in [1.807, 2.05) is 20.8 Å². The molecule has 0 bridgehead atoms. The molecule has 3 N–H and O–H groups in total. The van der Waals surface area contributed by atoms with Crippen LogP contribution in [-0.4, -0.2) is 33.0 Å². The molecule has 2 rings (SSSR count). The van der Waals surface area contributed by atoms with Gasteiger partial charge in [0, 0.05) is 5.69 Å². The molecule has 0 saturated carbocycles. The third-order valence-corrected chi connectivity index (χ3v) is 2.44. The lowest BCUT2D eigenvalue weighted by Gasteiger charge is -2.10. The minimum Gasteiger partial charge on any atom is -0.377 e. The minimum absolute atomic E-state index is 0.124. The Morgan fingerprint density at radius 1 is 1.50 bits per heavy atom. The first-order valence-corrected chi connectivity index (χ1v) is 5.79. The number of aromatic nitrogens is 4. The number of H-pyrrole nitrogens is 1. The van der Waals surface area contributed by atoms with Gasteiger partial charge in [0.1, 0.15) is 0 Å². The number of aromatic amines is 1. The van der Waals surface area contributed by atoms with Crippen LogP contribution in [0, 0.1) is 6.92 Å². The normalized spacial score (nSPS) is 13.2. The van der Waals surface area contributed by atoms with Gasteiger partial charge in [0.05, 0.1) is 30.5 Å². The Kier molecular flexibility index (Phi) is 3.73. The number of hydrogen-bond donors (Lipinski definition) is 2. The second-order valence-electron chi connectivity index (χ2n) is 4.35. The molecule has 0 fully saturated rings. The van der Waals surface area contributed by atoms with Gasteiger partial charge in [-0.2, -0.15) is 10.1 Å². The van der Waals surface area contributed by atoms with Crippen molar-refractivity contribution in [3.63, 3.8) is 0 Å². The number of rotatable bonds is 5. The first kappa shape index (κ1) is 12.7. The summed E-state index contributed by atoms with van der Waals surface area (Å²) < 4.78 is 10.6. The first-order chi connectivity index (χ1) is 8.58. The molecule has 7 heteroatoms. The largest absolute Gasteiger partial charge is 0.377 e. The maximum Gasteiger partial charge on any atom is 0.261 e. The summed E-state index contributed by atoms with van der Waals surface area (Å²) in [5.74, 6) is 0.850. The molecular weight excluding hydrogens is 234 g/mol. The van der Waals surface area contributed by atoms with E-state index in [4.69, 9.17) is 15.0 Å². The van der Waals surface area contributed by atoms with E-state index < -0.39 is 6.04 Å². The Hall–Kier alpha value is -1.73. The molecule has 0 aliphatic carbocycles. The standard InChI is InChI=1S/C11H17N5O2/c1-6(2)17-5-9(12)10-14-11(18-16-10)8-4-13-15-7(8)3/h4,6,9H,5,12H2,1-3H3,(H,13,15). The van der Waals surface area contributed by atoms with Crippen LogP contribution in [0.25, 0.3) is 11.5 Å². The lowest BCUT2D eigenvalue weighted by molar-refractivity contribution is 0.0665. The molecule has 0 spiro atoms. The highest BCUT2D eigenvalue weighted by Gasteiger charge is 2.17. The van der Waals surface area contributed by atoms with Gasteiger partial charge in [-0.25, -0.2) is 0 Å². The van der Waals surface area contributed by atoms with Gasteiger partial charge in [-0.3, -0.25) is 5.10 Å². The molecule has 2 aromatic heterocycles. The molecule has 0 radical (unpaired) electrons. The van der Waals surface area contributed by atoms with Gasteiger partial charge in [0.2, 0.25) is 0 Å². The number of nitrogens with one attached hydrogen (secondary N) is 1. The van der Waals surface area contributed by atoms with E-state index in [-0.39, 0.29) is 6.10 Å². The van der Waals surface area contributed by atoms with E-state index in [2.05, 4.69) is 20.3 Å². The minimum atomic E-state index is -0.392. The van der Waals surface area contributed by atoms with Crippen molar-refractivity contribution in [2.24, 2.45) is 5.73 Å². The summed E-state index contributed by atoms with van der Waals surface area (Å²) >= 11 is 0. The number of nitrogens with zero attached hydrogens (tertiary/aromatic N) is 3. The zero-order chi connectivity index (χ0) is 13.1. The van der Waals surface area contributed by atoms with Crippen LogP contribution >= 0.6 is 0 Å². The predicted octanol–water partition coefficient (Wildman–Crippen LogP) is 1.19. The zero-order valence-electron chi connectivity index (χ0n) is 10.7. The molecule has 0 aliphatic rings. The highest BCUT2D eigenvalue weighted by atomic mass is 16.5. The lowest BCUT2D eigenvalue weighted by atomic mass is 10.2. The fourth-order valence-electron chi connectivity index (χ4n) is 1.43. The molecule has 0 aliphatic heterocycles. The van der Waals surface area contributed by atoms with E-state index in [0.29, 0.717) is 18.3 Å². The molecular formula is C11H17N5O2. The molecule has 7 nitrogen and oxygen atoms in total. The molecule has 0 saturated heterocycles. The third kappa shape index (κ3) is 2.74.